The minimum absolute atomic E-state index is 0.0561. The van der Waals surface area contributed by atoms with Crippen LogP contribution in [0.25, 0.3) is 0 Å². The third kappa shape index (κ3) is 6.20. The van der Waals surface area contributed by atoms with Crippen LogP contribution in [-0.2, 0) is 28.2 Å². The molecule has 4 aliphatic carbocycles. The molecule has 0 aromatic carbocycles. The quantitative estimate of drug-likeness (QED) is 0.207. The van der Waals surface area contributed by atoms with E-state index in [-0.39, 0.29) is 31.0 Å². The second-order valence-electron chi connectivity index (χ2n) is 12.6. The van der Waals surface area contributed by atoms with Crippen molar-refractivity contribution in [1.29, 1.82) is 0 Å². The van der Waals surface area contributed by atoms with Crippen LogP contribution in [0.4, 0.5) is 0 Å². The van der Waals surface area contributed by atoms with Crippen LogP contribution in [0, 0.1) is 34.5 Å². The molecule has 0 aromatic rings. The van der Waals surface area contributed by atoms with Gasteiger partial charge in [0.25, 0.3) is 0 Å². The zero-order valence-electron chi connectivity index (χ0n) is 22.7. The van der Waals surface area contributed by atoms with Crippen LogP contribution in [0.3, 0.4) is 0 Å². The Bertz CT molecular complexity index is 961. The number of amides is 1. The van der Waals surface area contributed by atoms with Crippen molar-refractivity contribution < 1.29 is 38.2 Å². The smallest absolute Gasteiger partial charge is 0.403 e. The van der Waals surface area contributed by atoms with Gasteiger partial charge in [0.15, 0.2) is 0 Å². The number of rotatable bonds is 12. The van der Waals surface area contributed by atoms with Gasteiger partial charge in [-0.3, -0.25) is 18.9 Å². The predicted octanol–water partition coefficient (Wildman–Crippen LogP) is 3.80. The van der Waals surface area contributed by atoms with Crippen molar-refractivity contribution in [3.05, 3.63) is 0 Å². The molecule has 38 heavy (non-hydrogen) atoms. The van der Waals surface area contributed by atoms with E-state index in [2.05, 4.69) is 18.9 Å². The highest BCUT2D eigenvalue weighted by Crippen LogP contribution is 2.65. The number of carboxylic acid groups (broad SMARTS) is 1. The molecule has 0 bridgehead atoms. The minimum Gasteiger partial charge on any atom is -0.480 e. The summed E-state index contributed by atoms with van der Waals surface area (Å²) in [7, 11) is -4.35. The number of carbonyl (C=O) groups excluding carboxylic acids is 2. The van der Waals surface area contributed by atoms with Gasteiger partial charge in [-0.2, -0.15) is 0 Å². The maximum Gasteiger partial charge on any atom is 0.403 e. The number of Topliss-reactive ketones (excluding diaryl/α,β-unsaturated/α-hetero) is 1. The maximum atomic E-state index is 12.6. The Kier molecular flexibility index (Phi) is 9.10. The van der Waals surface area contributed by atoms with Gasteiger partial charge in [-0.05, 0) is 93.3 Å². The van der Waals surface area contributed by atoms with E-state index in [0.717, 1.165) is 38.5 Å². The lowest BCUT2D eigenvalue weighted by molar-refractivity contribution is -0.145. The lowest BCUT2D eigenvalue weighted by Gasteiger charge is -2.60. The van der Waals surface area contributed by atoms with Gasteiger partial charge < -0.3 is 20.5 Å². The number of hydrogen-bond donors (Lipinski definition) is 4. The molecule has 5 N–H and O–H groups in total. The van der Waals surface area contributed by atoms with Crippen molar-refractivity contribution in [3.8, 4) is 0 Å². The lowest BCUT2D eigenvalue weighted by Crippen LogP contribution is -2.54. The summed E-state index contributed by atoms with van der Waals surface area (Å²) in [5.41, 5.74) is 5.26. The summed E-state index contributed by atoms with van der Waals surface area (Å²) >= 11 is 0. The van der Waals surface area contributed by atoms with Crippen LogP contribution < -0.4 is 10.8 Å². The monoisotopic (exact) mass is 556 g/mol. The minimum atomic E-state index is -4.35. The third-order valence-corrected chi connectivity index (χ3v) is 11.7. The van der Waals surface area contributed by atoms with E-state index in [4.69, 9.17) is 15.0 Å². The number of ketones is 1. The summed E-state index contributed by atoms with van der Waals surface area (Å²) in [4.78, 5) is 44.8. The number of hydrogen-bond acceptors (Lipinski definition) is 6. The SMILES string of the molecule is C[C@]12CC[C@H](OCCCOP(=O)(O)N[C@@H](CCC(N)=O)C(=O)O)CC1CCC1C2CC[C@]2(C)C(=O)CCC12. The van der Waals surface area contributed by atoms with Crippen molar-refractivity contribution in [3.63, 3.8) is 0 Å². The van der Waals surface area contributed by atoms with Crippen LogP contribution in [0.1, 0.15) is 90.9 Å². The van der Waals surface area contributed by atoms with Crippen molar-refractivity contribution in [1.82, 2.24) is 5.09 Å². The highest BCUT2D eigenvalue weighted by atomic mass is 31.2. The second kappa shape index (κ2) is 11.7. The van der Waals surface area contributed by atoms with E-state index in [9.17, 15) is 28.9 Å². The van der Waals surface area contributed by atoms with Gasteiger partial charge in [0, 0.05) is 24.9 Å². The number of aliphatic carboxylic acids is 1. The first-order valence-corrected chi connectivity index (χ1v) is 15.8. The summed E-state index contributed by atoms with van der Waals surface area (Å²) < 4.78 is 23.4. The zero-order chi connectivity index (χ0) is 27.7. The number of carboxylic acids is 1. The summed E-state index contributed by atoms with van der Waals surface area (Å²) in [6, 6.07) is -1.41. The van der Waals surface area contributed by atoms with E-state index in [1.807, 2.05) is 0 Å². The number of ether oxygens (including phenoxy) is 1. The van der Waals surface area contributed by atoms with E-state index >= 15 is 0 Å². The largest absolute Gasteiger partial charge is 0.480 e. The number of carbonyl (C=O) groups is 3. The molecule has 0 aliphatic heterocycles. The molecule has 4 rings (SSSR count). The first kappa shape index (κ1) is 29.7. The maximum absolute atomic E-state index is 12.6. The summed E-state index contributed by atoms with van der Waals surface area (Å²) in [5.74, 6) is 1.00. The van der Waals surface area contributed by atoms with Crippen molar-refractivity contribution >= 4 is 25.4 Å². The average Bonchev–Trinajstić information content (AvgIpc) is 3.15. The number of nitrogens with two attached hydrogens (primary N) is 1. The van der Waals surface area contributed by atoms with Gasteiger partial charge in [0.05, 0.1) is 12.7 Å². The van der Waals surface area contributed by atoms with Gasteiger partial charge in [-0.25, -0.2) is 9.65 Å². The highest BCUT2D eigenvalue weighted by molar-refractivity contribution is 7.50. The van der Waals surface area contributed by atoms with Gasteiger partial charge >= 0.3 is 13.7 Å². The molecule has 0 spiro atoms. The molecule has 4 aliphatic rings. The average molecular weight is 557 g/mol. The van der Waals surface area contributed by atoms with Gasteiger partial charge in [-0.1, -0.05) is 13.8 Å². The summed E-state index contributed by atoms with van der Waals surface area (Å²) in [5, 5.41) is 11.3. The Labute approximate surface area is 225 Å². The molecule has 0 heterocycles. The highest BCUT2D eigenvalue weighted by Gasteiger charge is 2.60. The zero-order valence-corrected chi connectivity index (χ0v) is 23.6. The number of fused-ring (bicyclic) bond motifs is 5. The van der Waals surface area contributed by atoms with Crippen LogP contribution >= 0.6 is 7.75 Å². The summed E-state index contributed by atoms with van der Waals surface area (Å²) in [6.07, 6.45) is 9.77. The Morgan fingerprint density at radius 2 is 1.89 bits per heavy atom. The van der Waals surface area contributed by atoms with Crippen LogP contribution in [0.2, 0.25) is 0 Å². The molecular formula is C27H45N2O8P. The molecule has 11 heteroatoms. The van der Waals surface area contributed by atoms with Crippen LogP contribution in [-0.4, -0.2) is 53.0 Å². The van der Waals surface area contributed by atoms with Crippen LogP contribution in [0.15, 0.2) is 0 Å². The summed E-state index contributed by atoms with van der Waals surface area (Å²) in [6.45, 7) is 5.05. The molecule has 0 radical (unpaired) electrons. The predicted molar refractivity (Wildman–Crippen MR) is 140 cm³/mol. The first-order chi connectivity index (χ1) is 17.9. The Morgan fingerprint density at radius 3 is 2.61 bits per heavy atom. The fourth-order valence-corrected chi connectivity index (χ4v) is 9.49. The topological polar surface area (TPSA) is 165 Å². The van der Waals surface area contributed by atoms with Gasteiger partial charge in [-0.15, -0.1) is 0 Å². The van der Waals surface area contributed by atoms with Gasteiger partial charge in [0.1, 0.15) is 11.8 Å². The molecule has 216 valence electrons. The van der Waals surface area contributed by atoms with E-state index in [1.165, 1.54) is 19.3 Å². The Morgan fingerprint density at radius 1 is 1.13 bits per heavy atom. The molecule has 1 amide bonds. The lowest BCUT2D eigenvalue weighted by atomic mass is 9.45. The van der Waals surface area contributed by atoms with E-state index in [1.54, 1.807) is 0 Å². The molecule has 4 saturated carbocycles. The number of nitrogens with one attached hydrogen (secondary N) is 1. The first-order valence-electron chi connectivity index (χ1n) is 14.3. The molecule has 9 atom stereocenters. The number of primary amides is 1. The van der Waals surface area contributed by atoms with E-state index < -0.39 is 25.7 Å². The molecule has 4 fully saturated rings. The van der Waals surface area contributed by atoms with E-state index in [0.29, 0.717) is 47.9 Å². The normalized spacial score (nSPS) is 38.9. The molecule has 0 aromatic heterocycles. The Balaban J connectivity index is 1.20. The molecule has 10 nitrogen and oxygen atoms in total. The standard InChI is InChI=1S/C27H45N2O8P/c1-26-12-10-18(36-14-3-15-37-38(34,35)29-22(25(32)33)7-9-24(28)31)16-17(26)4-5-19-20-6-8-23(30)27(20,2)13-11-21(19)26/h17-22H,3-16H2,1-2H3,(H2,28,31)(H,32,33)(H2,29,34,35)/t17?,18-,19?,20?,21?,22-,26-,27-/m0/s1. The molecule has 5 unspecified atom stereocenters. The third-order valence-electron chi connectivity index (χ3n) is 10.5. The Hall–Kier alpha value is -1.32. The second-order valence-corrected chi connectivity index (χ2v) is 14.1. The van der Waals surface area contributed by atoms with Gasteiger partial charge in [0.2, 0.25) is 5.91 Å². The van der Waals surface area contributed by atoms with Crippen LogP contribution in [0.5, 0.6) is 0 Å². The fourth-order valence-electron chi connectivity index (χ4n) is 8.40. The molecule has 0 saturated heterocycles. The van der Waals surface area contributed by atoms with Crippen molar-refractivity contribution in [2.75, 3.05) is 13.2 Å². The van der Waals surface area contributed by atoms with Crippen molar-refractivity contribution in [2.24, 2.45) is 40.2 Å². The molecular weight excluding hydrogens is 511 g/mol. The fraction of sp³-hybridized carbons (Fsp3) is 0.889. The van der Waals surface area contributed by atoms with Crippen molar-refractivity contribution in [2.45, 2.75) is 103 Å².